The summed E-state index contributed by atoms with van der Waals surface area (Å²) in [6.45, 7) is 4.12. The van der Waals surface area contributed by atoms with Crippen LogP contribution in [0.4, 0.5) is 0 Å². The summed E-state index contributed by atoms with van der Waals surface area (Å²) in [5, 5.41) is 8.61. The Balaban J connectivity index is 2.78. The van der Waals surface area contributed by atoms with Crippen molar-refractivity contribution >= 4 is 0 Å². The van der Waals surface area contributed by atoms with Gasteiger partial charge in [0.05, 0.1) is 18.1 Å². The van der Waals surface area contributed by atoms with Gasteiger partial charge in [0.2, 0.25) is 0 Å². The largest absolute Gasteiger partial charge is 0.378 e. The van der Waals surface area contributed by atoms with Crippen LogP contribution in [-0.2, 0) is 17.6 Å². The van der Waals surface area contributed by atoms with Crippen molar-refractivity contribution in [2.45, 2.75) is 32.3 Å². The SMILES string of the molecule is COC(C)(C)Cc1cccc(CC#N)c1. The fraction of sp³-hybridized carbons (Fsp3) is 0.462. The maximum Gasteiger partial charge on any atom is 0.0669 e. The Hall–Kier alpha value is -1.33. The highest BCUT2D eigenvalue weighted by Crippen LogP contribution is 2.17. The van der Waals surface area contributed by atoms with E-state index in [4.69, 9.17) is 10.00 Å². The summed E-state index contributed by atoms with van der Waals surface area (Å²) in [6, 6.07) is 10.3. The molecular formula is C13H17NO. The quantitative estimate of drug-likeness (QED) is 0.753. The van der Waals surface area contributed by atoms with E-state index >= 15 is 0 Å². The highest BCUT2D eigenvalue weighted by atomic mass is 16.5. The minimum Gasteiger partial charge on any atom is -0.378 e. The molecule has 80 valence electrons. The number of hydrogen-bond acceptors (Lipinski definition) is 2. The first-order valence-corrected chi connectivity index (χ1v) is 5.07. The highest BCUT2D eigenvalue weighted by molar-refractivity contribution is 5.26. The van der Waals surface area contributed by atoms with Crippen LogP contribution in [0.2, 0.25) is 0 Å². The van der Waals surface area contributed by atoms with E-state index in [2.05, 4.69) is 32.0 Å². The molecular weight excluding hydrogens is 186 g/mol. The van der Waals surface area contributed by atoms with Crippen molar-refractivity contribution in [3.63, 3.8) is 0 Å². The van der Waals surface area contributed by atoms with Crippen LogP contribution in [0.1, 0.15) is 25.0 Å². The average Bonchev–Trinajstić information content (AvgIpc) is 2.18. The number of methoxy groups -OCH3 is 1. The molecule has 1 rings (SSSR count). The van der Waals surface area contributed by atoms with Crippen molar-refractivity contribution in [1.82, 2.24) is 0 Å². The van der Waals surface area contributed by atoms with Crippen molar-refractivity contribution < 1.29 is 4.74 Å². The Bertz CT molecular complexity index is 363. The van der Waals surface area contributed by atoms with E-state index in [0.29, 0.717) is 6.42 Å². The third kappa shape index (κ3) is 3.73. The standard InChI is InChI=1S/C13H17NO/c1-13(2,15-3)10-12-6-4-5-11(9-12)7-8-14/h4-6,9H,7,10H2,1-3H3. The zero-order chi connectivity index (χ0) is 11.3. The smallest absolute Gasteiger partial charge is 0.0669 e. The monoisotopic (exact) mass is 203 g/mol. The molecule has 0 unspecified atom stereocenters. The van der Waals surface area contributed by atoms with Crippen LogP contribution in [-0.4, -0.2) is 12.7 Å². The number of nitrogens with zero attached hydrogens (tertiary/aromatic N) is 1. The summed E-state index contributed by atoms with van der Waals surface area (Å²) in [5.41, 5.74) is 2.14. The molecule has 0 aromatic heterocycles. The van der Waals surface area contributed by atoms with Crippen molar-refractivity contribution in [2.75, 3.05) is 7.11 Å². The maximum absolute atomic E-state index is 8.61. The van der Waals surface area contributed by atoms with Gasteiger partial charge in [-0.2, -0.15) is 5.26 Å². The fourth-order valence-corrected chi connectivity index (χ4v) is 1.50. The van der Waals surface area contributed by atoms with Crippen molar-refractivity contribution in [2.24, 2.45) is 0 Å². The minimum absolute atomic E-state index is 0.148. The second kappa shape index (κ2) is 4.95. The molecule has 0 fully saturated rings. The van der Waals surface area contributed by atoms with E-state index in [-0.39, 0.29) is 5.60 Å². The van der Waals surface area contributed by atoms with Gasteiger partial charge in [0.15, 0.2) is 0 Å². The van der Waals surface area contributed by atoms with E-state index in [9.17, 15) is 0 Å². The van der Waals surface area contributed by atoms with Crippen LogP contribution in [0, 0.1) is 11.3 Å². The number of benzene rings is 1. The molecule has 2 nitrogen and oxygen atoms in total. The molecule has 15 heavy (non-hydrogen) atoms. The van der Waals surface area contributed by atoms with Crippen LogP contribution in [0.25, 0.3) is 0 Å². The number of hydrogen-bond donors (Lipinski definition) is 0. The van der Waals surface area contributed by atoms with Gasteiger partial charge in [-0.25, -0.2) is 0 Å². The minimum atomic E-state index is -0.148. The lowest BCUT2D eigenvalue weighted by atomic mass is 9.96. The van der Waals surface area contributed by atoms with Crippen LogP contribution >= 0.6 is 0 Å². The van der Waals surface area contributed by atoms with E-state index < -0.39 is 0 Å². The summed E-state index contributed by atoms with van der Waals surface area (Å²) in [7, 11) is 1.72. The molecule has 0 N–H and O–H groups in total. The Morgan fingerprint density at radius 3 is 2.60 bits per heavy atom. The number of rotatable bonds is 4. The molecule has 0 amide bonds. The van der Waals surface area contributed by atoms with Gasteiger partial charge in [-0.1, -0.05) is 24.3 Å². The van der Waals surface area contributed by atoms with Gasteiger partial charge in [-0.05, 0) is 25.0 Å². The third-order valence-corrected chi connectivity index (χ3v) is 2.46. The first-order chi connectivity index (χ1) is 7.07. The van der Waals surface area contributed by atoms with E-state index in [1.807, 2.05) is 12.1 Å². The first kappa shape index (κ1) is 11.7. The van der Waals surface area contributed by atoms with Crippen LogP contribution in [0.5, 0.6) is 0 Å². The third-order valence-electron chi connectivity index (χ3n) is 2.46. The van der Waals surface area contributed by atoms with Gasteiger partial charge in [0, 0.05) is 13.5 Å². The van der Waals surface area contributed by atoms with Gasteiger partial charge < -0.3 is 4.74 Å². The summed E-state index contributed by atoms with van der Waals surface area (Å²) < 4.78 is 5.38. The second-order valence-electron chi connectivity index (χ2n) is 4.30. The van der Waals surface area contributed by atoms with Crippen LogP contribution in [0.15, 0.2) is 24.3 Å². The lowest BCUT2D eigenvalue weighted by Gasteiger charge is -2.23. The molecule has 0 spiro atoms. The van der Waals surface area contributed by atoms with Gasteiger partial charge in [0.25, 0.3) is 0 Å². The molecule has 1 aromatic rings. The maximum atomic E-state index is 8.61. The van der Waals surface area contributed by atoms with Crippen LogP contribution in [0.3, 0.4) is 0 Å². The number of nitriles is 1. The Morgan fingerprint density at radius 2 is 2.00 bits per heavy atom. The predicted octanol–water partition coefficient (Wildman–Crippen LogP) is 2.72. The Kier molecular flexibility index (Phi) is 3.88. The van der Waals surface area contributed by atoms with E-state index in [1.54, 1.807) is 7.11 Å². The second-order valence-corrected chi connectivity index (χ2v) is 4.30. The fourth-order valence-electron chi connectivity index (χ4n) is 1.50. The summed E-state index contributed by atoms with van der Waals surface area (Å²) >= 11 is 0. The van der Waals surface area contributed by atoms with E-state index in [1.165, 1.54) is 5.56 Å². The molecule has 2 heteroatoms. The van der Waals surface area contributed by atoms with Gasteiger partial charge in [0.1, 0.15) is 0 Å². The molecule has 0 radical (unpaired) electrons. The Morgan fingerprint density at radius 1 is 1.33 bits per heavy atom. The zero-order valence-electron chi connectivity index (χ0n) is 9.58. The lowest BCUT2D eigenvalue weighted by molar-refractivity contribution is 0.0232. The zero-order valence-corrected chi connectivity index (χ0v) is 9.58. The highest BCUT2D eigenvalue weighted by Gasteiger charge is 2.16. The van der Waals surface area contributed by atoms with Gasteiger partial charge in [-0.3, -0.25) is 0 Å². The summed E-state index contributed by atoms with van der Waals surface area (Å²) in [5.74, 6) is 0. The summed E-state index contributed by atoms with van der Waals surface area (Å²) in [6.07, 6.45) is 1.34. The Labute approximate surface area is 91.5 Å². The van der Waals surface area contributed by atoms with Crippen molar-refractivity contribution in [3.05, 3.63) is 35.4 Å². The molecule has 0 aliphatic heterocycles. The molecule has 0 aliphatic rings. The lowest BCUT2D eigenvalue weighted by Crippen LogP contribution is -2.25. The number of ether oxygens (including phenoxy) is 1. The van der Waals surface area contributed by atoms with Crippen molar-refractivity contribution in [3.8, 4) is 6.07 Å². The molecule has 0 saturated carbocycles. The molecule has 0 atom stereocenters. The van der Waals surface area contributed by atoms with Crippen LogP contribution < -0.4 is 0 Å². The molecule has 0 aliphatic carbocycles. The molecule has 1 aromatic carbocycles. The van der Waals surface area contributed by atoms with E-state index in [0.717, 1.165) is 12.0 Å². The van der Waals surface area contributed by atoms with Gasteiger partial charge >= 0.3 is 0 Å². The molecule has 0 saturated heterocycles. The van der Waals surface area contributed by atoms with Crippen molar-refractivity contribution in [1.29, 1.82) is 5.26 Å². The predicted molar refractivity (Wildman–Crippen MR) is 60.6 cm³/mol. The van der Waals surface area contributed by atoms with Gasteiger partial charge in [-0.15, -0.1) is 0 Å². The topological polar surface area (TPSA) is 33.0 Å². The average molecular weight is 203 g/mol. The summed E-state index contributed by atoms with van der Waals surface area (Å²) in [4.78, 5) is 0. The molecule has 0 bridgehead atoms. The molecule has 0 heterocycles. The first-order valence-electron chi connectivity index (χ1n) is 5.07. The normalized spacial score (nSPS) is 11.1.